The number of terminal acetylenes is 1. The van der Waals surface area contributed by atoms with Crippen LogP contribution in [-0.4, -0.2) is 29.0 Å². The molecule has 0 saturated heterocycles. The van der Waals surface area contributed by atoms with Crippen molar-refractivity contribution in [1.29, 1.82) is 0 Å². The minimum absolute atomic E-state index is 0.00880. The molecule has 0 amide bonds. The highest BCUT2D eigenvalue weighted by Crippen LogP contribution is 2.33. The second kappa shape index (κ2) is 7.79. The number of rotatable bonds is 5. The monoisotopic (exact) mass is 376 g/mol. The summed E-state index contributed by atoms with van der Waals surface area (Å²) in [6, 6.07) is 2.52. The maximum absolute atomic E-state index is 14.6. The fraction of sp³-hybridized carbons (Fsp3) is 0.368. The fourth-order valence-corrected chi connectivity index (χ4v) is 3.25. The minimum Gasteiger partial charge on any atom is -0.479 e. The molecule has 1 aliphatic rings. The van der Waals surface area contributed by atoms with Crippen LogP contribution in [0.3, 0.4) is 0 Å². The van der Waals surface area contributed by atoms with Crippen LogP contribution < -0.4 is 4.74 Å². The van der Waals surface area contributed by atoms with Crippen molar-refractivity contribution >= 4 is 17.6 Å². The minimum atomic E-state index is -0.617. The summed E-state index contributed by atoms with van der Waals surface area (Å²) in [5.74, 6) is 1.42. The Labute approximate surface area is 156 Å². The molecular formula is C19H18ClFN2O3. The average Bonchev–Trinajstić information content (AvgIpc) is 3.00. The van der Waals surface area contributed by atoms with Gasteiger partial charge in [0.15, 0.2) is 11.5 Å². The van der Waals surface area contributed by atoms with Gasteiger partial charge in [0.25, 0.3) is 0 Å². The third kappa shape index (κ3) is 3.40. The summed E-state index contributed by atoms with van der Waals surface area (Å²) in [6.45, 7) is 1.93. The number of hydrogen-bond donors (Lipinski definition) is 0. The van der Waals surface area contributed by atoms with Crippen molar-refractivity contribution in [2.45, 2.75) is 32.6 Å². The van der Waals surface area contributed by atoms with Gasteiger partial charge in [-0.3, -0.25) is 0 Å². The van der Waals surface area contributed by atoms with Gasteiger partial charge in [0.05, 0.1) is 17.3 Å². The van der Waals surface area contributed by atoms with Crippen molar-refractivity contribution in [3.05, 3.63) is 39.9 Å². The molecule has 0 fully saturated rings. The molecule has 26 heavy (non-hydrogen) atoms. The van der Waals surface area contributed by atoms with Gasteiger partial charge in [-0.25, -0.2) is 13.9 Å². The van der Waals surface area contributed by atoms with Crippen LogP contribution in [0.2, 0.25) is 5.02 Å². The number of nitrogens with zero attached hydrogens (tertiary/aromatic N) is 2. The average molecular weight is 377 g/mol. The quantitative estimate of drug-likeness (QED) is 0.589. The normalized spacial score (nSPS) is 13.0. The molecule has 1 heterocycles. The summed E-state index contributed by atoms with van der Waals surface area (Å²) >= 11 is 6.02. The van der Waals surface area contributed by atoms with Crippen LogP contribution in [0.5, 0.6) is 5.75 Å². The lowest BCUT2D eigenvalue weighted by Gasteiger charge is -2.13. The summed E-state index contributed by atoms with van der Waals surface area (Å²) in [5, 5.41) is 4.57. The van der Waals surface area contributed by atoms with Crippen LogP contribution in [0, 0.1) is 18.2 Å². The Morgan fingerprint density at radius 2 is 2.19 bits per heavy atom. The van der Waals surface area contributed by atoms with E-state index in [2.05, 4.69) is 11.0 Å². The fourth-order valence-electron chi connectivity index (χ4n) is 3.05. The first-order valence-corrected chi connectivity index (χ1v) is 8.78. The van der Waals surface area contributed by atoms with Crippen LogP contribution in [0.4, 0.5) is 4.39 Å². The number of fused-ring (bicyclic) bond motifs is 1. The largest absolute Gasteiger partial charge is 0.479 e. The second-order valence-corrected chi connectivity index (χ2v) is 6.25. The molecule has 0 N–H and O–H groups in total. The number of ether oxygens (including phenoxy) is 2. The molecule has 0 aliphatic heterocycles. The Morgan fingerprint density at radius 3 is 2.92 bits per heavy atom. The zero-order valence-corrected chi connectivity index (χ0v) is 15.1. The molecule has 0 atom stereocenters. The van der Waals surface area contributed by atoms with Crippen molar-refractivity contribution in [3.8, 4) is 23.8 Å². The van der Waals surface area contributed by atoms with Crippen LogP contribution in [-0.2, 0) is 17.6 Å². The van der Waals surface area contributed by atoms with Gasteiger partial charge >= 0.3 is 5.97 Å². The molecule has 0 radical (unpaired) electrons. The number of aryl methyl sites for hydroxylation is 1. The van der Waals surface area contributed by atoms with Gasteiger partial charge in [-0.1, -0.05) is 17.5 Å². The van der Waals surface area contributed by atoms with E-state index in [1.807, 2.05) is 0 Å². The molecule has 1 aromatic heterocycles. The van der Waals surface area contributed by atoms with E-state index in [0.717, 1.165) is 36.6 Å². The highest BCUT2D eigenvalue weighted by Gasteiger charge is 2.28. The smallest absolute Gasteiger partial charge is 0.357 e. The van der Waals surface area contributed by atoms with E-state index in [1.165, 1.54) is 10.7 Å². The van der Waals surface area contributed by atoms with E-state index in [-0.39, 0.29) is 35.4 Å². The topological polar surface area (TPSA) is 53.4 Å². The molecule has 1 aromatic carbocycles. The van der Waals surface area contributed by atoms with Crippen molar-refractivity contribution in [2.75, 3.05) is 13.2 Å². The molecule has 0 spiro atoms. The lowest BCUT2D eigenvalue weighted by molar-refractivity contribution is 0.0514. The lowest BCUT2D eigenvalue weighted by Crippen LogP contribution is -2.15. The predicted molar refractivity (Wildman–Crippen MR) is 95.5 cm³/mol. The molecular weight excluding hydrogens is 359 g/mol. The molecule has 5 nitrogen and oxygen atoms in total. The van der Waals surface area contributed by atoms with Crippen molar-refractivity contribution in [2.24, 2.45) is 0 Å². The van der Waals surface area contributed by atoms with E-state index in [0.29, 0.717) is 6.42 Å². The first kappa shape index (κ1) is 18.3. The number of carbonyl (C=O) groups excluding carboxylic acids is 1. The van der Waals surface area contributed by atoms with Gasteiger partial charge in [-0.2, -0.15) is 5.10 Å². The van der Waals surface area contributed by atoms with E-state index in [4.69, 9.17) is 27.5 Å². The van der Waals surface area contributed by atoms with E-state index < -0.39 is 11.8 Å². The molecule has 2 aromatic rings. The SMILES string of the molecule is C#CCOc1cc(-n2nc3c(c2C(=O)OCC)CCCC3)c(F)cc1Cl. The van der Waals surface area contributed by atoms with Crippen LogP contribution >= 0.6 is 11.6 Å². The first-order chi connectivity index (χ1) is 12.6. The van der Waals surface area contributed by atoms with Gasteiger partial charge in [-0.15, -0.1) is 6.42 Å². The van der Waals surface area contributed by atoms with Gasteiger partial charge in [-0.05, 0) is 38.7 Å². The maximum Gasteiger partial charge on any atom is 0.357 e. The van der Waals surface area contributed by atoms with Crippen molar-refractivity contribution < 1.29 is 18.7 Å². The van der Waals surface area contributed by atoms with E-state index >= 15 is 0 Å². The second-order valence-electron chi connectivity index (χ2n) is 5.84. The molecule has 136 valence electrons. The van der Waals surface area contributed by atoms with Gasteiger partial charge < -0.3 is 9.47 Å². The summed E-state index contributed by atoms with van der Waals surface area (Å²) in [4.78, 5) is 12.5. The molecule has 0 saturated carbocycles. The van der Waals surface area contributed by atoms with Gasteiger partial charge in [0.1, 0.15) is 18.0 Å². The predicted octanol–water partition coefficient (Wildman–Crippen LogP) is 3.73. The van der Waals surface area contributed by atoms with Crippen molar-refractivity contribution in [3.63, 3.8) is 0 Å². The summed E-state index contributed by atoms with van der Waals surface area (Å²) in [6.07, 6.45) is 8.57. The van der Waals surface area contributed by atoms with E-state index in [9.17, 15) is 9.18 Å². The Bertz CT molecular complexity index is 886. The summed E-state index contributed by atoms with van der Waals surface area (Å²) in [5.41, 5.74) is 1.93. The molecule has 0 unspecified atom stereocenters. The number of esters is 1. The van der Waals surface area contributed by atoms with Gasteiger partial charge in [0, 0.05) is 11.6 Å². The third-order valence-corrected chi connectivity index (χ3v) is 4.46. The molecule has 1 aliphatic carbocycles. The number of carbonyl (C=O) groups is 1. The number of aromatic nitrogens is 2. The Balaban J connectivity index is 2.16. The molecule has 3 rings (SSSR count). The molecule has 0 bridgehead atoms. The first-order valence-electron chi connectivity index (χ1n) is 8.40. The zero-order valence-electron chi connectivity index (χ0n) is 14.3. The van der Waals surface area contributed by atoms with Crippen LogP contribution in [0.15, 0.2) is 12.1 Å². The zero-order chi connectivity index (χ0) is 18.7. The van der Waals surface area contributed by atoms with E-state index in [1.54, 1.807) is 6.92 Å². The Kier molecular flexibility index (Phi) is 5.48. The molecule has 7 heteroatoms. The summed E-state index contributed by atoms with van der Waals surface area (Å²) in [7, 11) is 0. The Hall–Kier alpha value is -2.52. The Morgan fingerprint density at radius 1 is 1.42 bits per heavy atom. The van der Waals surface area contributed by atoms with Crippen molar-refractivity contribution in [1.82, 2.24) is 9.78 Å². The number of hydrogen-bond acceptors (Lipinski definition) is 4. The maximum atomic E-state index is 14.6. The highest BCUT2D eigenvalue weighted by molar-refractivity contribution is 6.32. The van der Waals surface area contributed by atoms with Crippen LogP contribution in [0.1, 0.15) is 41.5 Å². The summed E-state index contributed by atoms with van der Waals surface area (Å²) < 4.78 is 26.5. The van der Waals surface area contributed by atoms with Crippen LogP contribution in [0.25, 0.3) is 5.69 Å². The number of benzene rings is 1. The standard InChI is InChI=1S/C19H18ClFN2O3/c1-3-9-26-17-11-16(14(21)10-13(17)20)23-18(19(24)25-4-2)12-7-5-6-8-15(12)22-23/h1,10-11H,4-9H2,2H3. The lowest BCUT2D eigenvalue weighted by atomic mass is 9.96. The third-order valence-electron chi connectivity index (χ3n) is 4.17. The number of halogens is 2. The van der Waals surface area contributed by atoms with Gasteiger partial charge in [0.2, 0.25) is 0 Å². The highest BCUT2D eigenvalue weighted by atomic mass is 35.5.